The highest BCUT2D eigenvalue weighted by molar-refractivity contribution is 7.98. The van der Waals surface area contributed by atoms with Gasteiger partial charge in [-0.1, -0.05) is 18.2 Å². The standard InChI is InChI=1S/C17H16N2O2S/c1-22-15-7-5-13(6-8-15)16(20)11-19-17(21)14-4-2-3-12(9-14)10-18/h2-9,16,20H,11H2,1H3,(H,19,21)/t16-/m1/s1. The van der Waals surface area contributed by atoms with Gasteiger partial charge in [0, 0.05) is 17.0 Å². The third kappa shape index (κ3) is 4.10. The first-order valence-corrected chi connectivity index (χ1v) is 7.97. The molecule has 1 atom stereocenters. The van der Waals surface area contributed by atoms with Crippen LogP contribution in [0.25, 0.3) is 0 Å². The predicted octanol–water partition coefficient (Wildman–Crippen LogP) is 2.74. The van der Waals surface area contributed by atoms with Gasteiger partial charge in [0.25, 0.3) is 5.91 Å². The van der Waals surface area contributed by atoms with E-state index in [-0.39, 0.29) is 12.5 Å². The van der Waals surface area contributed by atoms with Crippen molar-refractivity contribution in [3.05, 3.63) is 65.2 Å². The van der Waals surface area contributed by atoms with Crippen LogP contribution >= 0.6 is 11.8 Å². The van der Waals surface area contributed by atoms with Crippen molar-refractivity contribution in [2.75, 3.05) is 12.8 Å². The zero-order chi connectivity index (χ0) is 15.9. The number of aliphatic hydroxyl groups excluding tert-OH is 1. The molecule has 0 aliphatic heterocycles. The lowest BCUT2D eigenvalue weighted by atomic mass is 10.1. The van der Waals surface area contributed by atoms with Crippen LogP contribution in [0.2, 0.25) is 0 Å². The molecule has 0 saturated heterocycles. The van der Waals surface area contributed by atoms with Crippen LogP contribution < -0.4 is 5.32 Å². The quantitative estimate of drug-likeness (QED) is 0.833. The molecular formula is C17H16N2O2S. The minimum atomic E-state index is -0.765. The maximum Gasteiger partial charge on any atom is 0.251 e. The summed E-state index contributed by atoms with van der Waals surface area (Å²) in [5, 5.41) is 21.6. The molecule has 0 fully saturated rings. The fourth-order valence-corrected chi connectivity index (χ4v) is 2.37. The van der Waals surface area contributed by atoms with Crippen LogP contribution in [-0.2, 0) is 0 Å². The van der Waals surface area contributed by atoms with Gasteiger partial charge in [-0.25, -0.2) is 0 Å². The molecule has 0 unspecified atom stereocenters. The lowest BCUT2D eigenvalue weighted by molar-refractivity contribution is 0.0916. The molecule has 0 spiro atoms. The normalized spacial score (nSPS) is 11.5. The SMILES string of the molecule is CSc1ccc([C@H](O)CNC(=O)c2cccc(C#N)c2)cc1. The van der Waals surface area contributed by atoms with Crippen LogP contribution in [0.15, 0.2) is 53.4 Å². The Bertz CT molecular complexity index is 693. The highest BCUT2D eigenvalue weighted by Gasteiger charge is 2.11. The molecule has 0 aromatic heterocycles. The van der Waals surface area contributed by atoms with E-state index in [2.05, 4.69) is 5.32 Å². The largest absolute Gasteiger partial charge is 0.387 e. The number of nitrogens with zero attached hydrogens (tertiary/aromatic N) is 1. The van der Waals surface area contributed by atoms with E-state index in [0.29, 0.717) is 11.1 Å². The molecule has 1 amide bonds. The Morgan fingerprint density at radius 2 is 2.05 bits per heavy atom. The number of amides is 1. The van der Waals surface area contributed by atoms with Crippen molar-refractivity contribution in [2.24, 2.45) is 0 Å². The molecule has 4 nitrogen and oxygen atoms in total. The molecule has 2 rings (SSSR count). The fraction of sp³-hybridized carbons (Fsp3) is 0.176. The van der Waals surface area contributed by atoms with Gasteiger partial charge in [0.15, 0.2) is 0 Å². The van der Waals surface area contributed by atoms with E-state index in [1.54, 1.807) is 30.0 Å². The zero-order valence-electron chi connectivity index (χ0n) is 12.1. The number of benzene rings is 2. The Morgan fingerprint density at radius 3 is 2.68 bits per heavy atom. The first kappa shape index (κ1) is 16.1. The highest BCUT2D eigenvalue weighted by atomic mass is 32.2. The van der Waals surface area contributed by atoms with Crippen molar-refractivity contribution in [3.8, 4) is 6.07 Å². The second-order valence-electron chi connectivity index (χ2n) is 4.69. The molecule has 0 bridgehead atoms. The molecule has 0 aliphatic carbocycles. The van der Waals surface area contributed by atoms with E-state index < -0.39 is 6.10 Å². The minimum Gasteiger partial charge on any atom is -0.387 e. The molecule has 22 heavy (non-hydrogen) atoms. The van der Waals surface area contributed by atoms with Crippen molar-refractivity contribution in [1.82, 2.24) is 5.32 Å². The van der Waals surface area contributed by atoms with Crippen LogP contribution in [0.1, 0.15) is 27.6 Å². The maximum absolute atomic E-state index is 12.0. The Hall–Kier alpha value is -2.29. The molecule has 0 heterocycles. The van der Waals surface area contributed by atoms with Gasteiger partial charge in [0.1, 0.15) is 0 Å². The van der Waals surface area contributed by atoms with E-state index in [0.717, 1.165) is 10.5 Å². The second kappa shape index (κ2) is 7.64. The molecule has 5 heteroatoms. The summed E-state index contributed by atoms with van der Waals surface area (Å²) >= 11 is 1.63. The van der Waals surface area contributed by atoms with Crippen LogP contribution in [0, 0.1) is 11.3 Å². The molecule has 2 N–H and O–H groups in total. The molecule has 2 aromatic carbocycles. The van der Waals surface area contributed by atoms with Gasteiger partial charge in [-0.3, -0.25) is 4.79 Å². The van der Waals surface area contributed by atoms with Crippen molar-refractivity contribution >= 4 is 17.7 Å². The monoisotopic (exact) mass is 312 g/mol. The Morgan fingerprint density at radius 1 is 1.32 bits per heavy atom. The van der Waals surface area contributed by atoms with Gasteiger partial charge < -0.3 is 10.4 Å². The van der Waals surface area contributed by atoms with Crippen molar-refractivity contribution in [2.45, 2.75) is 11.0 Å². The van der Waals surface area contributed by atoms with E-state index >= 15 is 0 Å². The highest BCUT2D eigenvalue weighted by Crippen LogP contribution is 2.18. The number of carbonyl (C=O) groups excluding carboxylic acids is 1. The number of aliphatic hydroxyl groups is 1. The van der Waals surface area contributed by atoms with Crippen molar-refractivity contribution < 1.29 is 9.90 Å². The number of nitrogens with one attached hydrogen (secondary N) is 1. The maximum atomic E-state index is 12.0. The summed E-state index contributed by atoms with van der Waals surface area (Å²) in [4.78, 5) is 13.1. The molecule has 0 saturated carbocycles. The topological polar surface area (TPSA) is 73.1 Å². The van der Waals surface area contributed by atoms with Gasteiger partial charge in [-0.05, 0) is 42.2 Å². The average Bonchev–Trinajstić information content (AvgIpc) is 2.59. The molecule has 0 aliphatic rings. The van der Waals surface area contributed by atoms with Gasteiger partial charge in [0.05, 0.1) is 17.7 Å². The number of carbonyl (C=O) groups is 1. The Kier molecular flexibility index (Phi) is 5.59. The molecular weight excluding hydrogens is 296 g/mol. The lowest BCUT2D eigenvalue weighted by Crippen LogP contribution is -2.28. The van der Waals surface area contributed by atoms with Crippen LogP contribution in [0.4, 0.5) is 0 Å². The summed E-state index contributed by atoms with van der Waals surface area (Å²) in [6.45, 7) is 0.119. The first-order valence-electron chi connectivity index (χ1n) is 6.74. The van der Waals surface area contributed by atoms with Gasteiger partial charge in [-0.2, -0.15) is 5.26 Å². The molecule has 0 radical (unpaired) electrons. The van der Waals surface area contributed by atoms with Crippen molar-refractivity contribution in [3.63, 3.8) is 0 Å². The summed E-state index contributed by atoms with van der Waals surface area (Å²) < 4.78 is 0. The zero-order valence-corrected chi connectivity index (χ0v) is 12.9. The molecule has 112 valence electrons. The van der Waals surface area contributed by atoms with Crippen LogP contribution in [0.3, 0.4) is 0 Å². The summed E-state index contributed by atoms with van der Waals surface area (Å²) in [7, 11) is 0. The van der Waals surface area contributed by atoms with E-state index in [1.165, 1.54) is 6.07 Å². The number of hydrogen-bond donors (Lipinski definition) is 2. The van der Waals surface area contributed by atoms with Crippen molar-refractivity contribution in [1.29, 1.82) is 5.26 Å². The number of thioether (sulfide) groups is 1. The third-order valence-electron chi connectivity index (χ3n) is 3.21. The van der Waals surface area contributed by atoms with Gasteiger partial charge in [0.2, 0.25) is 0 Å². The Balaban J connectivity index is 1.96. The number of rotatable bonds is 5. The van der Waals surface area contributed by atoms with Gasteiger partial charge >= 0.3 is 0 Å². The summed E-state index contributed by atoms with van der Waals surface area (Å²) in [5.41, 5.74) is 1.59. The molecule has 2 aromatic rings. The minimum absolute atomic E-state index is 0.119. The fourth-order valence-electron chi connectivity index (χ4n) is 1.97. The average molecular weight is 312 g/mol. The number of hydrogen-bond acceptors (Lipinski definition) is 4. The Labute approximate surface area is 133 Å². The summed E-state index contributed by atoms with van der Waals surface area (Å²) in [6, 6.07) is 16.0. The van der Waals surface area contributed by atoms with Crippen LogP contribution in [0.5, 0.6) is 0 Å². The lowest BCUT2D eigenvalue weighted by Gasteiger charge is -2.13. The second-order valence-corrected chi connectivity index (χ2v) is 5.57. The van der Waals surface area contributed by atoms with E-state index in [4.69, 9.17) is 5.26 Å². The predicted molar refractivity (Wildman–Crippen MR) is 86.7 cm³/mol. The first-order chi connectivity index (χ1) is 10.6. The number of nitriles is 1. The van der Waals surface area contributed by atoms with E-state index in [9.17, 15) is 9.90 Å². The van der Waals surface area contributed by atoms with Crippen LogP contribution in [-0.4, -0.2) is 23.8 Å². The summed E-state index contributed by atoms with van der Waals surface area (Å²) in [6.07, 6.45) is 1.22. The van der Waals surface area contributed by atoms with E-state index in [1.807, 2.05) is 36.6 Å². The smallest absolute Gasteiger partial charge is 0.251 e. The third-order valence-corrected chi connectivity index (χ3v) is 3.95. The van der Waals surface area contributed by atoms with Gasteiger partial charge in [-0.15, -0.1) is 11.8 Å². The summed E-state index contributed by atoms with van der Waals surface area (Å²) in [5.74, 6) is -0.308.